The first-order valence-electron chi connectivity index (χ1n) is 11.4. The second kappa shape index (κ2) is 13.2. The van der Waals surface area contributed by atoms with E-state index < -0.39 is 6.04 Å². The van der Waals surface area contributed by atoms with Crippen LogP contribution < -0.4 is 14.8 Å². The van der Waals surface area contributed by atoms with Gasteiger partial charge in [-0.25, -0.2) is 0 Å². The summed E-state index contributed by atoms with van der Waals surface area (Å²) in [6, 6.07) is 12.7. The number of carbonyl (C=O) groups is 2. The molecule has 0 fully saturated rings. The number of carbonyl (C=O) groups excluding carboxylic acids is 2. The molecule has 0 spiro atoms. The lowest BCUT2D eigenvalue weighted by atomic mass is 10.1. The van der Waals surface area contributed by atoms with Gasteiger partial charge in [0.25, 0.3) is 5.91 Å². The predicted molar refractivity (Wildman–Crippen MR) is 134 cm³/mol. The average molecular weight is 519 g/mol. The number of methoxy groups -OCH3 is 1. The molecule has 6 nitrogen and oxygen atoms in total. The molecule has 0 aromatic heterocycles. The van der Waals surface area contributed by atoms with Crippen LogP contribution in [0.5, 0.6) is 11.5 Å². The molecule has 180 valence electrons. The third-order valence-corrected chi connectivity index (χ3v) is 5.96. The van der Waals surface area contributed by atoms with Crippen LogP contribution in [0, 0.1) is 5.92 Å². The van der Waals surface area contributed by atoms with Crippen molar-refractivity contribution >= 4 is 27.7 Å². The van der Waals surface area contributed by atoms with Crippen molar-refractivity contribution in [3.05, 3.63) is 58.1 Å². The van der Waals surface area contributed by atoms with E-state index in [0.717, 1.165) is 22.2 Å². The van der Waals surface area contributed by atoms with Crippen LogP contribution in [0.15, 0.2) is 46.9 Å². The van der Waals surface area contributed by atoms with Gasteiger partial charge in [0.2, 0.25) is 5.91 Å². The number of amides is 2. The number of rotatable bonds is 12. The Bertz CT molecular complexity index is 915. The Morgan fingerprint density at radius 2 is 1.73 bits per heavy atom. The average Bonchev–Trinajstić information content (AvgIpc) is 2.81. The Labute approximate surface area is 205 Å². The smallest absolute Gasteiger partial charge is 0.261 e. The Hall–Kier alpha value is -2.54. The molecule has 2 amide bonds. The quantitative estimate of drug-likeness (QED) is 0.430. The van der Waals surface area contributed by atoms with Crippen molar-refractivity contribution in [3.63, 3.8) is 0 Å². The number of hydrogen-bond acceptors (Lipinski definition) is 4. The van der Waals surface area contributed by atoms with E-state index in [1.165, 1.54) is 5.56 Å². The van der Waals surface area contributed by atoms with Crippen molar-refractivity contribution < 1.29 is 19.1 Å². The largest absolute Gasteiger partial charge is 0.497 e. The summed E-state index contributed by atoms with van der Waals surface area (Å²) in [5, 5.41) is 2.97. The first-order valence-corrected chi connectivity index (χ1v) is 12.2. The first-order chi connectivity index (χ1) is 15.8. The zero-order valence-corrected chi connectivity index (χ0v) is 21.8. The highest BCUT2D eigenvalue weighted by molar-refractivity contribution is 9.10. The maximum Gasteiger partial charge on any atom is 0.261 e. The zero-order chi connectivity index (χ0) is 24.4. The van der Waals surface area contributed by atoms with Crippen LogP contribution in [0.4, 0.5) is 0 Å². The minimum absolute atomic E-state index is 0.151. The summed E-state index contributed by atoms with van der Waals surface area (Å²) in [6.45, 7) is 8.78. The Balaban J connectivity index is 2.21. The van der Waals surface area contributed by atoms with Crippen LogP contribution >= 0.6 is 15.9 Å². The maximum absolute atomic E-state index is 13.3. The minimum atomic E-state index is -0.590. The van der Waals surface area contributed by atoms with Crippen LogP contribution in [0.2, 0.25) is 0 Å². The fourth-order valence-electron chi connectivity index (χ4n) is 3.37. The topological polar surface area (TPSA) is 67.9 Å². The van der Waals surface area contributed by atoms with Gasteiger partial charge in [-0.1, -0.05) is 45.9 Å². The van der Waals surface area contributed by atoms with Gasteiger partial charge in [0.05, 0.1) is 11.6 Å². The normalized spacial score (nSPS) is 11.7. The molecule has 2 rings (SSSR count). The summed E-state index contributed by atoms with van der Waals surface area (Å²) in [4.78, 5) is 27.8. The van der Waals surface area contributed by atoms with Crippen LogP contribution in [0.25, 0.3) is 0 Å². The molecule has 2 aromatic rings. The molecule has 0 bridgehead atoms. The molecule has 0 heterocycles. The van der Waals surface area contributed by atoms with Crippen LogP contribution in [0.3, 0.4) is 0 Å². The van der Waals surface area contributed by atoms with Crippen molar-refractivity contribution in [1.82, 2.24) is 10.2 Å². The van der Waals surface area contributed by atoms with Gasteiger partial charge in [0, 0.05) is 13.1 Å². The number of hydrogen-bond donors (Lipinski definition) is 1. The van der Waals surface area contributed by atoms with E-state index in [1.54, 1.807) is 12.0 Å². The molecule has 0 aliphatic carbocycles. The lowest BCUT2D eigenvalue weighted by Gasteiger charge is -2.31. The molecule has 1 atom stereocenters. The fourth-order valence-corrected chi connectivity index (χ4v) is 3.91. The Kier molecular flexibility index (Phi) is 10.7. The second-order valence-electron chi connectivity index (χ2n) is 8.34. The number of ether oxygens (including phenoxy) is 2. The lowest BCUT2D eigenvalue weighted by Crippen LogP contribution is -2.50. The standard InChI is InChI=1S/C26H35BrN2O4/c1-6-19-10-13-24(22(27)14-19)33-17-25(30)29(16-20-8-11-21(32-5)12-9-20)23(7-2)26(31)28-15-18(3)4/h8-14,18,23H,6-7,15-17H2,1-5H3,(H,28,31). The highest BCUT2D eigenvalue weighted by Crippen LogP contribution is 2.26. The van der Waals surface area contributed by atoms with E-state index in [9.17, 15) is 9.59 Å². The summed E-state index contributed by atoms with van der Waals surface area (Å²) >= 11 is 3.52. The first kappa shape index (κ1) is 26.7. The van der Waals surface area contributed by atoms with E-state index >= 15 is 0 Å². The van der Waals surface area contributed by atoms with Crippen molar-refractivity contribution in [2.45, 2.75) is 53.1 Å². The molecular formula is C26H35BrN2O4. The third-order valence-electron chi connectivity index (χ3n) is 5.34. The Morgan fingerprint density at radius 1 is 1.06 bits per heavy atom. The van der Waals surface area contributed by atoms with Crippen LogP contribution in [-0.2, 0) is 22.6 Å². The van der Waals surface area contributed by atoms with Gasteiger partial charge in [-0.2, -0.15) is 0 Å². The molecule has 0 aliphatic heterocycles. The highest BCUT2D eigenvalue weighted by Gasteiger charge is 2.29. The minimum Gasteiger partial charge on any atom is -0.497 e. The molecule has 1 unspecified atom stereocenters. The molecule has 0 radical (unpaired) electrons. The van der Waals surface area contributed by atoms with Crippen LogP contribution in [0.1, 0.15) is 45.2 Å². The molecule has 7 heteroatoms. The van der Waals surface area contributed by atoms with E-state index in [2.05, 4.69) is 28.2 Å². The van der Waals surface area contributed by atoms with Crippen LogP contribution in [-0.4, -0.2) is 43.0 Å². The highest BCUT2D eigenvalue weighted by atomic mass is 79.9. The predicted octanol–water partition coefficient (Wildman–Crippen LogP) is 4.98. The van der Waals surface area contributed by atoms with E-state index in [4.69, 9.17) is 9.47 Å². The van der Waals surface area contributed by atoms with Gasteiger partial charge < -0.3 is 19.7 Å². The van der Waals surface area contributed by atoms with E-state index in [1.807, 2.05) is 63.2 Å². The molecular weight excluding hydrogens is 484 g/mol. The van der Waals surface area contributed by atoms with Gasteiger partial charge in [-0.15, -0.1) is 0 Å². The SMILES string of the molecule is CCc1ccc(OCC(=O)N(Cc2ccc(OC)cc2)C(CC)C(=O)NCC(C)C)c(Br)c1. The summed E-state index contributed by atoms with van der Waals surface area (Å²) < 4.78 is 11.9. The van der Waals surface area contributed by atoms with E-state index in [-0.39, 0.29) is 18.4 Å². The van der Waals surface area contributed by atoms with E-state index in [0.29, 0.717) is 31.2 Å². The third kappa shape index (κ3) is 8.07. The number of aryl methyl sites for hydroxylation is 1. The molecule has 0 aliphatic rings. The van der Waals surface area contributed by atoms with Gasteiger partial charge in [0.1, 0.15) is 17.5 Å². The monoisotopic (exact) mass is 518 g/mol. The van der Waals surface area contributed by atoms with Gasteiger partial charge in [0.15, 0.2) is 6.61 Å². The Morgan fingerprint density at radius 3 is 2.27 bits per heavy atom. The number of nitrogens with zero attached hydrogens (tertiary/aromatic N) is 1. The second-order valence-corrected chi connectivity index (χ2v) is 9.19. The summed E-state index contributed by atoms with van der Waals surface area (Å²) in [5.74, 6) is 1.26. The lowest BCUT2D eigenvalue weighted by molar-refractivity contribution is -0.143. The van der Waals surface area contributed by atoms with Crippen molar-refractivity contribution in [3.8, 4) is 11.5 Å². The van der Waals surface area contributed by atoms with Crippen molar-refractivity contribution in [2.75, 3.05) is 20.3 Å². The summed E-state index contributed by atoms with van der Waals surface area (Å²) in [7, 11) is 1.61. The number of nitrogens with one attached hydrogen (secondary N) is 1. The summed E-state index contributed by atoms with van der Waals surface area (Å²) in [5.41, 5.74) is 2.09. The maximum atomic E-state index is 13.3. The summed E-state index contributed by atoms with van der Waals surface area (Å²) in [6.07, 6.45) is 1.41. The molecule has 2 aromatic carbocycles. The molecule has 1 N–H and O–H groups in total. The van der Waals surface area contributed by atoms with Gasteiger partial charge in [-0.3, -0.25) is 9.59 Å². The molecule has 0 saturated heterocycles. The van der Waals surface area contributed by atoms with Gasteiger partial charge >= 0.3 is 0 Å². The van der Waals surface area contributed by atoms with Crippen molar-refractivity contribution in [1.29, 1.82) is 0 Å². The number of halogens is 1. The fraction of sp³-hybridized carbons (Fsp3) is 0.462. The number of benzene rings is 2. The van der Waals surface area contributed by atoms with Gasteiger partial charge in [-0.05, 0) is 70.1 Å². The molecule has 0 saturated carbocycles. The molecule has 33 heavy (non-hydrogen) atoms. The van der Waals surface area contributed by atoms with Crippen molar-refractivity contribution in [2.24, 2.45) is 5.92 Å². The zero-order valence-electron chi connectivity index (χ0n) is 20.2.